The summed E-state index contributed by atoms with van der Waals surface area (Å²) in [5, 5.41) is 7.83. The number of hydrogen-bond donors (Lipinski definition) is 2. The Kier molecular flexibility index (Phi) is 4.16. The number of aromatic nitrogens is 2. The van der Waals surface area contributed by atoms with E-state index in [1.54, 1.807) is 4.68 Å². The minimum absolute atomic E-state index is 0.0985. The average molecular weight is 268 g/mol. The molecule has 1 aromatic heterocycles. The van der Waals surface area contributed by atoms with Gasteiger partial charge in [-0.15, -0.1) is 0 Å². The lowest BCUT2D eigenvalue weighted by molar-refractivity contribution is 0.0928. The van der Waals surface area contributed by atoms with E-state index in [0.717, 1.165) is 12.8 Å². The van der Waals surface area contributed by atoms with Crippen LogP contribution in [0.15, 0.2) is 6.20 Å². The minimum Gasteiger partial charge on any atom is -0.396 e. The van der Waals surface area contributed by atoms with Crippen LogP contribution in [0, 0.1) is 0 Å². The molecule has 2 rings (SSSR count). The van der Waals surface area contributed by atoms with Crippen LogP contribution in [0.4, 0.5) is 5.69 Å². The Morgan fingerprint density at radius 1 is 1.67 bits per heavy atom. The summed E-state index contributed by atoms with van der Waals surface area (Å²) in [7, 11) is 0. The first-order chi connectivity index (χ1) is 8.65. The fraction of sp³-hybridized carbons (Fsp3) is 0.667. The summed E-state index contributed by atoms with van der Waals surface area (Å²) in [5.41, 5.74) is 6.74. The highest BCUT2D eigenvalue weighted by atomic mass is 32.2. The molecule has 1 amide bonds. The zero-order chi connectivity index (χ0) is 13.1. The molecule has 0 radical (unpaired) electrons. The Balaban J connectivity index is 2.02. The number of carbonyl (C=O) groups excluding carboxylic acids is 1. The number of nitrogen functional groups attached to an aromatic ring is 1. The fourth-order valence-corrected chi connectivity index (χ4v) is 3.22. The number of rotatable bonds is 4. The molecule has 5 nitrogen and oxygen atoms in total. The van der Waals surface area contributed by atoms with E-state index in [1.165, 1.54) is 12.6 Å². The molecule has 0 bridgehead atoms. The first-order valence-corrected chi connectivity index (χ1v) is 7.59. The van der Waals surface area contributed by atoms with Gasteiger partial charge in [0.15, 0.2) is 0 Å². The maximum absolute atomic E-state index is 12.2. The van der Waals surface area contributed by atoms with Crippen LogP contribution < -0.4 is 11.1 Å². The molecular weight excluding hydrogens is 248 g/mol. The molecule has 18 heavy (non-hydrogen) atoms. The first kappa shape index (κ1) is 13.3. The second-order valence-corrected chi connectivity index (χ2v) is 5.74. The third-order valence-corrected chi connectivity index (χ3v) is 4.53. The summed E-state index contributed by atoms with van der Waals surface area (Å²) in [5.74, 6) is -0.0985. The largest absolute Gasteiger partial charge is 0.396 e. The predicted molar refractivity (Wildman–Crippen MR) is 74.7 cm³/mol. The number of nitrogens with one attached hydrogen (secondary N) is 1. The standard InChI is InChI=1S/C12H20N4OS/c1-3-16-11(10(13)7-14-16)12(17)15-8-4-5-9(6-8)18-2/h7-9H,3-6,13H2,1-2H3,(H,15,17). The van der Waals surface area contributed by atoms with Gasteiger partial charge in [0.05, 0.1) is 11.9 Å². The number of carbonyl (C=O) groups is 1. The molecule has 1 aliphatic carbocycles. The van der Waals surface area contributed by atoms with Crippen molar-refractivity contribution in [1.82, 2.24) is 15.1 Å². The quantitative estimate of drug-likeness (QED) is 0.868. The van der Waals surface area contributed by atoms with Crippen molar-refractivity contribution < 1.29 is 4.79 Å². The van der Waals surface area contributed by atoms with Gasteiger partial charge < -0.3 is 11.1 Å². The van der Waals surface area contributed by atoms with Gasteiger partial charge in [-0.05, 0) is 32.4 Å². The number of aryl methyl sites for hydroxylation is 1. The summed E-state index contributed by atoms with van der Waals surface area (Å²) in [6, 6.07) is 0.273. The number of hydrogen-bond acceptors (Lipinski definition) is 4. The molecule has 3 N–H and O–H groups in total. The molecule has 0 spiro atoms. The van der Waals surface area contributed by atoms with Crippen LogP contribution >= 0.6 is 11.8 Å². The lowest BCUT2D eigenvalue weighted by Gasteiger charge is -2.13. The second kappa shape index (κ2) is 5.65. The monoisotopic (exact) mass is 268 g/mol. The molecule has 100 valence electrons. The molecule has 0 aromatic carbocycles. The van der Waals surface area contributed by atoms with Crippen molar-refractivity contribution >= 4 is 23.4 Å². The highest BCUT2D eigenvalue weighted by Gasteiger charge is 2.27. The van der Waals surface area contributed by atoms with E-state index in [-0.39, 0.29) is 11.9 Å². The fourth-order valence-electron chi connectivity index (χ4n) is 2.43. The number of nitrogens with two attached hydrogens (primary N) is 1. The van der Waals surface area contributed by atoms with Crippen LogP contribution in [0.1, 0.15) is 36.7 Å². The van der Waals surface area contributed by atoms with Gasteiger partial charge in [-0.25, -0.2) is 0 Å². The Morgan fingerprint density at radius 2 is 2.44 bits per heavy atom. The molecule has 6 heteroatoms. The lowest BCUT2D eigenvalue weighted by Crippen LogP contribution is -2.35. The van der Waals surface area contributed by atoms with Crippen LogP contribution in [0.3, 0.4) is 0 Å². The zero-order valence-electron chi connectivity index (χ0n) is 10.8. The summed E-state index contributed by atoms with van der Waals surface area (Å²) in [6.07, 6.45) is 6.94. The van der Waals surface area contributed by atoms with Gasteiger partial charge in [0, 0.05) is 17.8 Å². The molecule has 1 aliphatic rings. The molecular formula is C12H20N4OS. The van der Waals surface area contributed by atoms with Gasteiger partial charge in [-0.2, -0.15) is 16.9 Å². The topological polar surface area (TPSA) is 72.9 Å². The molecule has 1 heterocycles. The number of thioether (sulfide) groups is 1. The van der Waals surface area contributed by atoms with Crippen molar-refractivity contribution in [2.75, 3.05) is 12.0 Å². The van der Waals surface area contributed by atoms with Crippen LogP contribution in [0.5, 0.6) is 0 Å². The predicted octanol–water partition coefficient (Wildman–Crippen LogP) is 1.50. The van der Waals surface area contributed by atoms with E-state index in [4.69, 9.17) is 5.73 Å². The van der Waals surface area contributed by atoms with E-state index in [9.17, 15) is 4.79 Å². The molecule has 2 atom stereocenters. The number of anilines is 1. The van der Waals surface area contributed by atoms with Crippen molar-refractivity contribution in [3.63, 3.8) is 0 Å². The van der Waals surface area contributed by atoms with Gasteiger partial charge in [0.2, 0.25) is 0 Å². The van der Waals surface area contributed by atoms with Gasteiger partial charge in [0.25, 0.3) is 5.91 Å². The van der Waals surface area contributed by atoms with E-state index >= 15 is 0 Å². The first-order valence-electron chi connectivity index (χ1n) is 6.30. The number of nitrogens with zero attached hydrogens (tertiary/aromatic N) is 2. The summed E-state index contributed by atoms with van der Waals surface area (Å²) in [4.78, 5) is 12.2. The zero-order valence-corrected chi connectivity index (χ0v) is 11.7. The van der Waals surface area contributed by atoms with Crippen LogP contribution in [0.2, 0.25) is 0 Å². The molecule has 0 aliphatic heterocycles. The number of amides is 1. The van der Waals surface area contributed by atoms with Gasteiger partial charge in [-0.3, -0.25) is 9.48 Å². The van der Waals surface area contributed by atoms with E-state index < -0.39 is 0 Å². The Morgan fingerprint density at radius 3 is 3.06 bits per heavy atom. The van der Waals surface area contributed by atoms with Crippen molar-refractivity contribution in [2.45, 2.75) is 44.0 Å². The molecule has 2 unspecified atom stereocenters. The lowest BCUT2D eigenvalue weighted by atomic mass is 10.2. The minimum atomic E-state index is -0.0985. The second-order valence-electron chi connectivity index (χ2n) is 4.61. The van der Waals surface area contributed by atoms with Crippen molar-refractivity contribution in [3.8, 4) is 0 Å². The van der Waals surface area contributed by atoms with Crippen molar-refractivity contribution in [1.29, 1.82) is 0 Å². The van der Waals surface area contributed by atoms with Crippen molar-refractivity contribution in [3.05, 3.63) is 11.9 Å². The van der Waals surface area contributed by atoms with Crippen molar-refractivity contribution in [2.24, 2.45) is 0 Å². The normalized spacial score (nSPS) is 23.2. The smallest absolute Gasteiger partial charge is 0.271 e. The Bertz CT molecular complexity index is 432. The summed E-state index contributed by atoms with van der Waals surface area (Å²) < 4.78 is 1.64. The van der Waals surface area contributed by atoms with Crippen LogP contribution in [0.25, 0.3) is 0 Å². The molecule has 0 saturated heterocycles. The maximum atomic E-state index is 12.2. The van der Waals surface area contributed by atoms with E-state index in [0.29, 0.717) is 23.2 Å². The average Bonchev–Trinajstić information content (AvgIpc) is 2.95. The SMILES string of the molecule is CCn1ncc(N)c1C(=O)NC1CCC(SC)C1. The maximum Gasteiger partial charge on any atom is 0.271 e. The van der Waals surface area contributed by atoms with Gasteiger partial charge in [0.1, 0.15) is 5.69 Å². The summed E-state index contributed by atoms with van der Waals surface area (Å²) in [6.45, 7) is 2.60. The highest BCUT2D eigenvalue weighted by Crippen LogP contribution is 2.28. The van der Waals surface area contributed by atoms with Gasteiger partial charge >= 0.3 is 0 Å². The highest BCUT2D eigenvalue weighted by molar-refractivity contribution is 7.99. The van der Waals surface area contributed by atoms with Gasteiger partial charge in [-0.1, -0.05) is 0 Å². The third kappa shape index (κ3) is 2.63. The molecule has 1 aromatic rings. The van der Waals surface area contributed by atoms with Crippen LogP contribution in [-0.2, 0) is 6.54 Å². The Hall–Kier alpha value is -1.17. The summed E-state index contributed by atoms with van der Waals surface area (Å²) >= 11 is 1.88. The third-order valence-electron chi connectivity index (χ3n) is 3.44. The van der Waals surface area contributed by atoms with E-state index in [2.05, 4.69) is 16.7 Å². The Labute approximate surface area is 111 Å². The molecule has 1 fully saturated rings. The van der Waals surface area contributed by atoms with Crippen LogP contribution in [-0.4, -0.2) is 33.2 Å². The molecule has 1 saturated carbocycles. The van der Waals surface area contributed by atoms with E-state index in [1.807, 2.05) is 18.7 Å².